The quantitative estimate of drug-likeness (QED) is 0.208. The van der Waals surface area contributed by atoms with Crippen LogP contribution in [0.1, 0.15) is 13.3 Å². The van der Waals surface area contributed by atoms with Crippen molar-refractivity contribution in [3.05, 3.63) is 84.9 Å². The molecule has 0 spiro atoms. The zero-order chi connectivity index (χ0) is 24.8. The Morgan fingerprint density at radius 2 is 1.33 bits per heavy atom. The van der Waals surface area contributed by atoms with Crippen molar-refractivity contribution in [1.82, 2.24) is 0 Å². The second kappa shape index (κ2) is 8.83. The summed E-state index contributed by atoms with van der Waals surface area (Å²) >= 11 is 0. The summed E-state index contributed by atoms with van der Waals surface area (Å²) in [7, 11) is 0. The predicted molar refractivity (Wildman–Crippen MR) is 139 cm³/mol. The lowest BCUT2D eigenvalue weighted by Gasteiger charge is -2.25. The Morgan fingerprint density at radius 1 is 0.778 bits per heavy atom. The monoisotopic (exact) mass is 478 g/mol. The molecular formula is C31H26O5. The molecule has 0 heterocycles. The van der Waals surface area contributed by atoms with E-state index in [2.05, 4.69) is 0 Å². The molecule has 5 nitrogen and oxygen atoms in total. The van der Waals surface area contributed by atoms with Crippen molar-refractivity contribution in [3.8, 4) is 22.6 Å². The molecule has 0 unspecified atom stereocenters. The van der Waals surface area contributed by atoms with Gasteiger partial charge < -0.3 is 14.6 Å². The summed E-state index contributed by atoms with van der Waals surface area (Å²) in [6.45, 7) is 2.06. The third kappa shape index (κ3) is 3.54. The summed E-state index contributed by atoms with van der Waals surface area (Å²) in [5.41, 5.74) is 1.71. The summed E-state index contributed by atoms with van der Waals surface area (Å²) in [6, 6.07) is 22.9. The van der Waals surface area contributed by atoms with Crippen molar-refractivity contribution in [2.45, 2.75) is 13.3 Å². The largest absolute Gasteiger partial charge is 0.507 e. The van der Waals surface area contributed by atoms with Gasteiger partial charge in [-0.2, -0.15) is 0 Å². The highest BCUT2D eigenvalue weighted by atomic mass is 16.5. The number of ether oxygens (including phenoxy) is 2. The molecule has 1 fully saturated rings. The molecule has 2 aliphatic carbocycles. The lowest BCUT2D eigenvalue weighted by molar-refractivity contribution is -0.156. The number of rotatable bonds is 5. The van der Waals surface area contributed by atoms with Crippen LogP contribution >= 0.6 is 0 Å². The van der Waals surface area contributed by atoms with Crippen LogP contribution in [0.2, 0.25) is 0 Å². The number of phenols is 1. The fourth-order valence-corrected chi connectivity index (χ4v) is 6.04. The van der Waals surface area contributed by atoms with Gasteiger partial charge in [0.2, 0.25) is 0 Å². The topological polar surface area (TPSA) is 72.8 Å². The molecule has 0 saturated heterocycles. The van der Waals surface area contributed by atoms with Crippen molar-refractivity contribution in [3.63, 3.8) is 0 Å². The van der Waals surface area contributed by atoms with E-state index in [1.807, 2.05) is 72.8 Å². The van der Waals surface area contributed by atoms with Gasteiger partial charge in [-0.3, -0.25) is 9.59 Å². The number of hydrogen-bond donors (Lipinski definition) is 1. The molecule has 0 aliphatic heterocycles. The van der Waals surface area contributed by atoms with Gasteiger partial charge in [0.15, 0.2) is 0 Å². The van der Waals surface area contributed by atoms with Crippen LogP contribution in [0, 0.1) is 23.7 Å². The molecule has 2 bridgehead atoms. The van der Waals surface area contributed by atoms with Crippen molar-refractivity contribution in [1.29, 1.82) is 0 Å². The van der Waals surface area contributed by atoms with E-state index in [0.29, 0.717) is 5.75 Å². The van der Waals surface area contributed by atoms with Crippen molar-refractivity contribution >= 4 is 33.5 Å². The van der Waals surface area contributed by atoms with Gasteiger partial charge in [0, 0.05) is 10.8 Å². The number of allylic oxidation sites excluding steroid dienone is 2. The minimum absolute atomic E-state index is 0.00772. The van der Waals surface area contributed by atoms with E-state index >= 15 is 0 Å². The van der Waals surface area contributed by atoms with Crippen molar-refractivity contribution in [2.24, 2.45) is 23.7 Å². The molecule has 0 amide bonds. The van der Waals surface area contributed by atoms with Crippen LogP contribution in [0.25, 0.3) is 32.7 Å². The summed E-state index contributed by atoms with van der Waals surface area (Å²) < 4.78 is 11.4. The van der Waals surface area contributed by atoms with Crippen LogP contribution in [0.4, 0.5) is 0 Å². The van der Waals surface area contributed by atoms with E-state index in [0.717, 1.165) is 39.1 Å². The van der Waals surface area contributed by atoms with Gasteiger partial charge in [0.1, 0.15) is 11.5 Å². The highest BCUT2D eigenvalue weighted by molar-refractivity contribution is 6.09. The molecule has 1 saturated carbocycles. The van der Waals surface area contributed by atoms with Gasteiger partial charge in [-0.15, -0.1) is 0 Å². The van der Waals surface area contributed by atoms with Gasteiger partial charge in [0.05, 0.1) is 18.4 Å². The fourth-order valence-electron chi connectivity index (χ4n) is 6.04. The van der Waals surface area contributed by atoms with Crippen LogP contribution in [0.5, 0.6) is 11.5 Å². The van der Waals surface area contributed by atoms with E-state index in [4.69, 9.17) is 9.47 Å². The smallest absolute Gasteiger partial charge is 0.315 e. The Bertz CT molecular complexity index is 1520. The molecule has 36 heavy (non-hydrogen) atoms. The molecule has 4 atom stereocenters. The summed E-state index contributed by atoms with van der Waals surface area (Å²) in [5, 5.41) is 14.1. The summed E-state index contributed by atoms with van der Waals surface area (Å²) in [4.78, 5) is 26.3. The Balaban J connectivity index is 1.44. The van der Waals surface area contributed by atoms with Gasteiger partial charge in [-0.1, -0.05) is 72.8 Å². The number of hydrogen-bond acceptors (Lipinski definition) is 5. The fraction of sp³-hybridized carbons (Fsp3) is 0.226. The van der Waals surface area contributed by atoms with E-state index in [1.165, 1.54) is 0 Å². The standard InChI is InChI=1S/C31H26O5/c1-2-35-30(33)28-20-15-16-21(17-20)29(28)31(34)36-25-14-6-10-19-8-4-12-23(27(19)25)22-11-3-7-18-9-5-13-24(32)26(18)22/h3-16,20-21,28-29,32H,2,17H2,1H3/t20-,21+,28+,29+/m1/s1. The third-order valence-corrected chi connectivity index (χ3v) is 7.54. The maximum absolute atomic E-state index is 13.6. The number of carbonyl (C=O) groups excluding carboxylic acids is 2. The SMILES string of the molecule is CCOC(=O)[C@@H]1[C@@H](C(=O)Oc2cccc3cccc(-c4cccc5cccc(O)c45)c23)[C@H]2C=C[C@@H]1C2. The maximum atomic E-state index is 13.6. The number of fused-ring (bicyclic) bond motifs is 4. The first-order chi connectivity index (χ1) is 17.6. The zero-order valence-electron chi connectivity index (χ0n) is 19.9. The molecule has 0 radical (unpaired) electrons. The molecule has 0 aromatic heterocycles. The van der Waals surface area contributed by atoms with Crippen molar-refractivity contribution in [2.75, 3.05) is 6.61 Å². The molecule has 180 valence electrons. The summed E-state index contributed by atoms with van der Waals surface area (Å²) in [5.74, 6) is -1.21. The number of phenolic OH excluding ortho intramolecular Hbond substituents is 1. The molecule has 2 aliphatic rings. The van der Waals surface area contributed by atoms with E-state index in [9.17, 15) is 14.7 Å². The average Bonchev–Trinajstić information content (AvgIpc) is 3.51. The Labute approximate surface area is 209 Å². The molecular weight excluding hydrogens is 452 g/mol. The minimum Gasteiger partial charge on any atom is -0.507 e. The average molecular weight is 479 g/mol. The van der Waals surface area contributed by atoms with E-state index in [1.54, 1.807) is 19.1 Å². The Hall–Kier alpha value is -4.12. The van der Waals surface area contributed by atoms with Crippen LogP contribution < -0.4 is 4.74 Å². The first-order valence-electron chi connectivity index (χ1n) is 12.4. The number of aromatic hydroxyl groups is 1. The van der Waals surface area contributed by atoms with Gasteiger partial charge in [-0.25, -0.2) is 0 Å². The molecule has 5 heteroatoms. The lowest BCUT2D eigenvalue weighted by atomic mass is 9.83. The predicted octanol–water partition coefficient (Wildman–Crippen LogP) is 6.27. The number of esters is 2. The highest BCUT2D eigenvalue weighted by Gasteiger charge is 2.53. The van der Waals surface area contributed by atoms with Gasteiger partial charge in [-0.05, 0) is 59.2 Å². The van der Waals surface area contributed by atoms with Crippen LogP contribution in [0.3, 0.4) is 0 Å². The second-order valence-electron chi connectivity index (χ2n) is 9.51. The Morgan fingerprint density at radius 3 is 2.00 bits per heavy atom. The van der Waals surface area contributed by atoms with Gasteiger partial charge >= 0.3 is 11.9 Å². The third-order valence-electron chi connectivity index (χ3n) is 7.54. The molecule has 4 aromatic rings. The van der Waals surface area contributed by atoms with Crippen LogP contribution in [0.15, 0.2) is 84.9 Å². The van der Waals surface area contributed by atoms with Crippen molar-refractivity contribution < 1.29 is 24.2 Å². The molecule has 6 rings (SSSR count). The molecule has 1 N–H and O–H groups in total. The Kier molecular flexibility index (Phi) is 5.48. The van der Waals surface area contributed by atoms with E-state index < -0.39 is 17.8 Å². The first kappa shape index (κ1) is 22.4. The second-order valence-corrected chi connectivity index (χ2v) is 9.51. The van der Waals surface area contributed by atoms with E-state index in [-0.39, 0.29) is 30.2 Å². The molecule has 4 aromatic carbocycles. The number of benzene rings is 4. The first-order valence-corrected chi connectivity index (χ1v) is 12.4. The lowest BCUT2D eigenvalue weighted by Crippen LogP contribution is -2.36. The number of carbonyl (C=O) groups is 2. The zero-order valence-corrected chi connectivity index (χ0v) is 19.9. The normalized spacial score (nSPS) is 22.2. The van der Waals surface area contributed by atoms with Gasteiger partial charge in [0.25, 0.3) is 0 Å². The minimum atomic E-state index is -0.567. The highest BCUT2D eigenvalue weighted by Crippen LogP contribution is 2.49. The van der Waals surface area contributed by atoms with Crippen LogP contribution in [-0.2, 0) is 14.3 Å². The summed E-state index contributed by atoms with van der Waals surface area (Å²) in [6.07, 6.45) is 4.82. The van der Waals surface area contributed by atoms with Crippen LogP contribution in [-0.4, -0.2) is 23.7 Å². The maximum Gasteiger partial charge on any atom is 0.315 e.